The zero-order valence-corrected chi connectivity index (χ0v) is 16.5. The van der Waals surface area contributed by atoms with Gasteiger partial charge in [-0.15, -0.1) is 0 Å². The first-order valence-electron chi connectivity index (χ1n) is 9.73. The summed E-state index contributed by atoms with van der Waals surface area (Å²) >= 11 is 6.46. The van der Waals surface area contributed by atoms with Gasteiger partial charge in [-0.1, -0.05) is 17.7 Å². The molecule has 0 amide bonds. The van der Waals surface area contributed by atoms with Crippen LogP contribution in [0.25, 0.3) is 11.3 Å². The van der Waals surface area contributed by atoms with Crippen molar-refractivity contribution in [2.45, 2.75) is 25.8 Å². The van der Waals surface area contributed by atoms with Gasteiger partial charge in [-0.05, 0) is 74.2 Å². The van der Waals surface area contributed by atoms with Crippen LogP contribution in [0.2, 0.25) is 5.02 Å². The van der Waals surface area contributed by atoms with E-state index in [0.29, 0.717) is 17.5 Å². The largest absolute Gasteiger partial charge is 0.366 e. The highest BCUT2D eigenvalue weighted by Crippen LogP contribution is 2.28. The Morgan fingerprint density at radius 3 is 2.89 bits per heavy atom. The molecule has 1 atom stereocenters. The van der Waals surface area contributed by atoms with E-state index >= 15 is 0 Å². The normalized spacial score (nSPS) is 16.7. The molecule has 28 heavy (non-hydrogen) atoms. The molecule has 1 aliphatic rings. The summed E-state index contributed by atoms with van der Waals surface area (Å²) in [6, 6.07) is 12.0. The monoisotopic (exact) mass is 393 g/mol. The molecule has 2 N–H and O–H groups in total. The fraction of sp³-hybridized carbons (Fsp3) is 0.318. The highest BCUT2D eigenvalue weighted by atomic mass is 35.5. The van der Waals surface area contributed by atoms with Gasteiger partial charge in [0.05, 0.1) is 10.7 Å². The Balaban J connectivity index is 1.50. The van der Waals surface area contributed by atoms with Gasteiger partial charge in [-0.3, -0.25) is 9.97 Å². The molecule has 0 unspecified atom stereocenters. The third-order valence-electron chi connectivity index (χ3n) is 5.06. The standard InChI is InChI=1S/C22H24ClN5/c23-20-15-26-18(11-17-3-2-8-25-13-17)12-19(20)21-4-1-5-22(28-21)27-14-16-6-9-24-10-7-16/h1,4-7,9-10,12,15,17,25H,2-3,8,11,13-14H2,(H,27,28)/t17-/m0/s1. The van der Waals surface area contributed by atoms with Crippen molar-refractivity contribution in [1.29, 1.82) is 0 Å². The van der Waals surface area contributed by atoms with Gasteiger partial charge >= 0.3 is 0 Å². The smallest absolute Gasteiger partial charge is 0.126 e. The lowest BCUT2D eigenvalue weighted by atomic mass is 9.94. The lowest BCUT2D eigenvalue weighted by Crippen LogP contribution is -2.31. The van der Waals surface area contributed by atoms with Crippen LogP contribution in [0.5, 0.6) is 0 Å². The van der Waals surface area contributed by atoms with E-state index in [-0.39, 0.29) is 0 Å². The van der Waals surface area contributed by atoms with Crippen LogP contribution < -0.4 is 10.6 Å². The molecule has 0 aromatic carbocycles. The first-order chi connectivity index (χ1) is 13.8. The maximum absolute atomic E-state index is 6.46. The quantitative estimate of drug-likeness (QED) is 0.652. The van der Waals surface area contributed by atoms with Crippen molar-refractivity contribution in [3.05, 3.63) is 71.3 Å². The molecule has 0 spiro atoms. The van der Waals surface area contributed by atoms with Crippen LogP contribution in [0.3, 0.4) is 0 Å². The molecule has 1 saturated heterocycles. The lowest BCUT2D eigenvalue weighted by molar-refractivity contribution is 0.373. The van der Waals surface area contributed by atoms with Crippen LogP contribution in [0.4, 0.5) is 5.82 Å². The van der Waals surface area contributed by atoms with E-state index in [2.05, 4.69) is 26.7 Å². The first kappa shape index (κ1) is 18.8. The van der Waals surface area contributed by atoms with Crippen molar-refractivity contribution in [3.8, 4) is 11.3 Å². The van der Waals surface area contributed by atoms with Crippen LogP contribution in [0, 0.1) is 5.92 Å². The molecule has 0 saturated carbocycles. The molecular formula is C22H24ClN5. The van der Waals surface area contributed by atoms with Crippen LogP contribution in [0.15, 0.2) is 55.0 Å². The van der Waals surface area contributed by atoms with Gasteiger partial charge in [0.25, 0.3) is 0 Å². The maximum atomic E-state index is 6.46. The Kier molecular flexibility index (Phi) is 6.14. The highest BCUT2D eigenvalue weighted by molar-refractivity contribution is 6.33. The molecule has 5 nitrogen and oxygen atoms in total. The summed E-state index contributed by atoms with van der Waals surface area (Å²) < 4.78 is 0. The van der Waals surface area contributed by atoms with E-state index in [0.717, 1.165) is 47.8 Å². The zero-order valence-electron chi connectivity index (χ0n) is 15.7. The number of nitrogens with one attached hydrogen (secondary N) is 2. The molecule has 144 valence electrons. The summed E-state index contributed by atoms with van der Waals surface area (Å²) in [5.41, 5.74) is 4.02. The first-order valence-corrected chi connectivity index (χ1v) is 10.1. The molecule has 3 aromatic heterocycles. The Hall–Kier alpha value is -2.50. The summed E-state index contributed by atoms with van der Waals surface area (Å²) in [5.74, 6) is 1.46. The SMILES string of the molecule is Clc1cnc(C[C@@H]2CCCNC2)cc1-c1cccc(NCc2ccncc2)n1. The van der Waals surface area contributed by atoms with E-state index in [1.807, 2.05) is 30.3 Å². The van der Waals surface area contributed by atoms with E-state index in [1.54, 1.807) is 18.6 Å². The molecule has 0 aliphatic carbocycles. The van der Waals surface area contributed by atoms with Crippen molar-refractivity contribution in [3.63, 3.8) is 0 Å². The molecule has 1 aliphatic heterocycles. The average molecular weight is 394 g/mol. The fourth-order valence-corrected chi connectivity index (χ4v) is 3.76. The second-order valence-corrected chi connectivity index (χ2v) is 7.60. The van der Waals surface area contributed by atoms with Crippen LogP contribution in [-0.4, -0.2) is 28.0 Å². The van der Waals surface area contributed by atoms with Crippen molar-refractivity contribution < 1.29 is 0 Å². The molecule has 3 aromatic rings. The third-order valence-corrected chi connectivity index (χ3v) is 5.36. The van der Waals surface area contributed by atoms with Gasteiger partial charge in [0, 0.05) is 36.4 Å². The second kappa shape index (κ2) is 9.13. The summed E-state index contributed by atoms with van der Waals surface area (Å²) in [6.07, 6.45) is 8.79. The van der Waals surface area contributed by atoms with E-state index in [4.69, 9.17) is 16.6 Å². The Bertz CT molecular complexity index is 910. The summed E-state index contributed by atoms with van der Waals surface area (Å²) in [7, 11) is 0. The van der Waals surface area contributed by atoms with Crippen molar-refractivity contribution in [2.75, 3.05) is 18.4 Å². The molecule has 6 heteroatoms. The number of hydrogen-bond donors (Lipinski definition) is 2. The number of hydrogen-bond acceptors (Lipinski definition) is 5. The van der Waals surface area contributed by atoms with E-state index in [1.165, 1.54) is 12.8 Å². The number of piperidine rings is 1. The van der Waals surface area contributed by atoms with Crippen molar-refractivity contribution in [2.24, 2.45) is 5.92 Å². The number of rotatable bonds is 6. The predicted octanol–water partition coefficient (Wildman–Crippen LogP) is 4.35. The number of nitrogens with zero attached hydrogens (tertiary/aromatic N) is 3. The zero-order chi connectivity index (χ0) is 19.2. The number of halogens is 1. The second-order valence-electron chi connectivity index (χ2n) is 7.19. The lowest BCUT2D eigenvalue weighted by Gasteiger charge is -2.22. The van der Waals surface area contributed by atoms with E-state index < -0.39 is 0 Å². The van der Waals surface area contributed by atoms with Gasteiger partial charge in [0.2, 0.25) is 0 Å². The van der Waals surface area contributed by atoms with Gasteiger partial charge in [-0.2, -0.15) is 0 Å². The Morgan fingerprint density at radius 2 is 2.07 bits per heavy atom. The summed E-state index contributed by atoms with van der Waals surface area (Å²) in [5, 5.41) is 7.46. The Morgan fingerprint density at radius 1 is 1.18 bits per heavy atom. The molecule has 0 radical (unpaired) electrons. The van der Waals surface area contributed by atoms with Gasteiger partial charge in [-0.25, -0.2) is 4.98 Å². The van der Waals surface area contributed by atoms with Gasteiger partial charge in [0.15, 0.2) is 0 Å². The predicted molar refractivity (Wildman–Crippen MR) is 113 cm³/mol. The van der Waals surface area contributed by atoms with Gasteiger partial charge < -0.3 is 10.6 Å². The average Bonchev–Trinajstić information content (AvgIpc) is 2.75. The minimum absolute atomic E-state index is 0.629. The van der Waals surface area contributed by atoms with Gasteiger partial charge in [0.1, 0.15) is 5.82 Å². The molecule has 4 heterocycles. The maximum Gasteiger partial charge on any atom is 0.126 e. The Labute approximate surface area is 170 Å². The minimum atomic E-state index is 0.629. The number of aromatic nitrogens is 3. The molecular weight excluding hydrogens is 370 g/mol. The highest BCUT2D eigenvalue weighted by Gasteiger charge is 2.16. The van der Waals surface area contributed by atoms with Crippen LogP contribution >= 0.6 is 11.6 Å². The van der Waals surface area contributed by atoms with E-state index in [9.17, 15) is 0 Å². The van der Waals surface area contributed by atoms with Crippen LogP contribution in [0.1, 0.15) is 24.1 Å². The van der Waals surface area contributed by atoms with Crippen LogP contribution in [-0.2, 0) is 13.0 Å². The molecule has 0 bridgehead atoms. The molecule has 4 rings (SSSR count). The fourth-order valence-electron chi connectivity index (χ4n) is 3.56. The minimum Gasteiger partial charge on any atom is -0.366 e. The topological polar surface area (TPSA) is 62.7 Å². The third kappa shape index (κ3) is 4.86. The summed E-state index contributed by atoms with van der Waals surface area (Å²) in [6.45, 7) is 2.88. The summed E-state index contributed by atoms with van der Waals surface area (Å²) in [4.78, 5) is 13.3. The molecule has 1 fully saturated rings. The van der Waals surface area contributed by atoms with Crippen molar-refractivity contribution in [1.82, 2.24) is 20.3 Å². The number of anilines is 1. The van der Waals surface area contributed by atoms with Crippen molar-refractivity contribution >= 4 is 17.4 Å². The number of pyridine rings is 3.